The highest BCUT2D eigenvalue weighted by atomic mass is 32.2. The number of carbonyl (C=O) groups excluding carboxylic acids is 1. The third kappa shape index (κ3) is 16.0. The van der Waals surface area contributed by atoms with E-state index in [1.807, 2.05) is 16.7 Å². The summed E-state index contributed by atoms with van der Waals surface area (Å²) in [5.41, 5.74) is 22.3. The van der Waals surface area contributed by atoms with E-state index in [1.165, 1.54) is 24.3 Å². The van der Waals surface area contributed by atoms with Gasteiger partial charge in [-0.25, -0.2) is 8.42 Å². The molecule has 4 aliphatic rings. The van der Waals surface area contributed by atoms with E-state index in [9.17, 15) is 13.2 Å². The predicted molar refractivity (Wildman–Crippen MR) is 138 cm³/mol. The quantitative estimate of drug-likeness (QED) is 0.362. The lowest BCUT2D eigenvalue weighted by Crippen LogP contribution is -2.41. The van der Waals surface area contributed by atoms with Crippen LogP contribution in [0.4, 0.5) is 0 Å². The minimum absolute atomic E-state index is 0.119. The molecule has 8 N–H and O–H groups in total. The Morgan fingerprint density at radius 1 is 0.758 bits per heavy atom. The van der Waals surface area contributed by atoms with Crippen LogP contribution >= 0.6 is 11.8 Å². The number of amides is 1. The monoisotopic (exact) mass is 509 g/mol. The highest BCUT2D eigenvalue weighted by molar-refractivity contribution is 7.99. The van der Waals surface area contributed by atoms with Crippen LogP contribution in [0.3, 0.4) is 0 Å². The summed E-state index contributed by atoms with van der Waals surface area (Å²) >= 11 is 2.02. The zero-order chi connectivity index (χ0) is 24.7. The van der Waals surface area contributed by atoms with Crippen molar-refractivity contribution < 1.29 is 17.9 Å². The van der Waals surface area contributed by atoms with Crippen LogP contribution in [0, 0.1) is 0 Å². The van der Waals surface area contributed by atoms with Crippen molar-refractivity contribution in [2.24, 2.45) is 22.9 Å². The lowest BCUT2D eigenvalue weighted by atomic mass is 10.1. The molecular weight excluding hydrogens is 462 g/mol. The molecule has 4 heterocycles. The Morgan fingerprint density at radius 3 is 1.52 bits per heavy atom. The standard InChI is InChI=1S/C7H14N2O.C5H11NO2S.C5H11NO.C5H11NS/c1-6(10)9-4-2-7(8)3-5-9;6-5-1-3-9(7,8)4-2-5;2*6-5-1-3-7-4-2-5/h7H,2-5,8H2,1H3;5H,1-4,6H2;2*5H,1-4,6H2. The molecule has 4 fully saturated rings. The summed E-state index contributed by atoms with van der Waals surface area (Å²) in [4.78, 5) is 12.6. The van der Waals surface area contributed by atoms with Crippen LogP contribution < -0.4 is 22.9 Å². The molecule has 11 heteroatoms. The van der Waals surface area contributed by atoms with Gasteiger partial charge in [0.05, 0.1) is 11.5 Å². The van der Waals surface area contributed by atoms with E-state index in [4.69, 9.17) is 27.7 Å². The summed E-state index contributed by atoms with van der Waals surface area (Å²) in [5, 5.41) is 0. The van der Waals surface area contributed by atoms with E-state index in [1.54, 1.807) is 6.92 Å². The highest BCUT2D eigenvalue weighted by Crippen LogP contribution is 2.14. The van der Waals surface area contributed by atoms with Gasteiger partial charge in [0.25, 0.3) is 0 Å². The summed E-state index contributed by atoms with van der Waals surface area (Å²) < 4.78 is 26.5. The van der Waals surface area contributed by atoms with Crippen LogP contribution in [0.2, 0.25) is 0 Å². The second-order valence-corrected chi connectivity index (χ2v) is 12.8. The second-order valence-electron chi connectivity index (χ2n) is 9.23. The van der Waals surface area contributed by atoms with E-state index in [-0.39, 0.29) is 23.5 Å². The maximum atomic E-state index is 10.8. The van der Waals surface area contributed by atoms with Crippen molar-refractivity contribution in [3.8, 4) is 0 Å². The van der Waals surface area contributed by atoms with Crippen molar-refractivity contribution in [3.63, 3.8) is 0 Å². The molecule has 196 valence electrons. The fraction of sp³-hybridized carbons (Fsp3) is 0.955. The first-order valence-corrected chi connectivity index (χ1v) is 15.2. The molecule has 4 saturated heterocycles. The third-order valence-corrected chi connectivity index (χ3v) is 8.88. The smallest absolute Gasteiger partial charge is 0.219 e. The minimum Gasteiger partial charge on any atom is -0.381 e. The molecule has 0 aromatic rings. The number of piperidine rings is 1. The average molecular weight is 510 g/mol. The lowest BCUT2D eigenvalue weighted by Gasteiger charge is -2.28. The van der Waals surface area contributed by atoms with Gasteiger partial charge in [-0.15, -0.1) is 0 Å². The highest BCUT2D eigenvalue weighted by Gasteiger charge is 2.20. The summed E-state index contributed by atoms with van der Waals surface area (Å²) in [5.74, 6) is 3.30. The Hall–Kier alpha value is -0.430. The Labute approximate surface area is 205 Å². The number of likely N-dealkylation sites (tertiary alicyclic amines) is 1. The Kier molecular flexibility index (Phi) is 15.8. The van der Waals surface area contributed by atoms with Crippen LogP contribution in [0.25, 0.3) is 0 Å². The van der Waals surface area contributed by atoms with E-state index >= 15 is 0 Å². The van der Waals surface area contributed by atoms with Gasteiger partial charge in [-0.2, -0.15) is 11.8 Å². The van der Waals surface area contributed by atoms with Crippen molar-refractivity contribution >= 4 is 27.5 Å². The number of sulfone groups is 1. The molecule has 0 bridgehead atoms. The largest absolute Gasteiger partial charge is 0.381 e. The number of thioether (sulfide) groups is 1. The first kappa shape index (κ1) is 30.6. The van der Waals surface area contributed by atoms with Crippen LogP contribution in [-0.4, -0.2) is 92.7 Å². The van der Waals surface area contributed by atoms with E-state index in [0.717, 1.165) is 52.0 Å². The first-order valence-electron chi connectivity index (χ1n) is 12.2. The predicted octanol–water partition coefficient (Wildman–Crippen LogP) is 0.443. The zero-order valence-corrected chi connectivity index (χ0v) is 22.0. The van der Waals surface area contributed by atoms with Gasteiger partial charge in [0, 0.05) is 57.4 Å². The van der Waals surface area contributed by atoms with Crippen LogP contribution in [0.1, 0.15) is 58.3 Å². The number of nitrogens with two attached hydrogens (primary N) is 4. The molecule has 0 atom stereocenters. The number of nitrogens with zero attached hydrogens (tertiary/aromatic N) is 1. The van der Waals surface area contributed by atoms with Gasteiger partial charge in [-0.1, -0.05) is 0 Å². The number of ether oxygens (including phenoxy) is 1. The molecule has 9 nitrogen and oxygen atoms in total. The van der Waals surface area contributed by atoms with Crippen LogP contribution in [-0.2, 0) is 19.4 Å². The average Bonchev–Trinajstić information content (AvgIpc) is 2.79. The Balaban J connectivity index is 0.000000222. The second kappa shape index (κ2) is 17.1. The van der Waals surface area contributed by atoms with Crippen molar-refractivity contribution in [3.05, 3.63) is 0 Å². The van der Waals surface area contributed by atoms with E-state index in [0.29, 0.717) is 31.0 Å². The molecule has 1 amide bonds. The normalized spacial score (nSPS) is 24.8. The number of rotatable bonds is 0. The molecule has 33 heavy (non-hydrogen) atoms. The summed E-state index contributed by atoms with van der Waals surface area (Å²) in [6.45, 7) is 5.02. The fourth-order valence-corrected chi connectivity index (χ4v) is 6.23. The SMILES string of the molecule is CC(=O)N1CCC(N)CC1.NC1CCOCC1.NC1CCS(=O)(=O)CC1.NC1CCSCC1. The maximum absolute atomic E-state index is 10.8. The molecule has 0 aromatic carbocycles. The molecular formula is C22H47N5O4S2. The molecule has 0 aliphatic carbocycles. The third-order valence-electron chi connectivity index (χ3n) is 6.12. The van der Waals surface area contributed by atoms with E-state index < -0.39 is 9.84 Å². The summed E-state index contributed by atoms with van der Waals surface area (Å²) in [6.07, 6.45) is 7.74. The van der Waals surface area contributed by atoms with Gasteiger partial charge < -0.3 is 32.6 Å². The minimum atomic E-state index is -2.70. The molecule has 0 unspecified atom stereocenters. The lowest BCUT2D eigenvalue weighted by molar-refractivity contribution is -0.129. The summed E-state index contributed by atoms with van der Waals surface area (Å²) in [7, 11) is -2.70. The fourth-order valence-electron chi connectivity index (χ4n) is 3.55. The molecule has 0 spiro atoms. The summed E-state index contributed by atoms with van der Waals surface area (Å²) in [6, 6.07) is 1.36. The van der Waals surface area contributed by atoms with Gasteiger partial charge in [0.15, 0.2) is 0 Å². The maximum Gasteiger partial charge on any atom is 0.219 e. The Morgan fingerprint density at radius 2 is 1.18 bits per heavy atom. The zero-order valence-electron chi connectivity index (χ0n) is 20.3. The van der Waals surface area contributed by atoms with Gasteiger partial charge in [-0.05, 0) is 62.9 Å². The first-order chi connectivity index (χ1) is 15.6. The van der Waals surface area contributed by atoms with Crippen molar-refractivity contribution in [2.45, 2.75) is 82.5 Å². The molecule has 4 aliphatic heterocycles. The number of hydrogen-bond acceptors (Lipinski definition) is 9. The Bertz CT molecular complexity index is 588. The van der Waals surface area contributed by atoms with E-state index in [2.05, 4.69) is 0 Å². The van der Waals surface area contributed by atoms with Crippen LogP contribution in [0.15, 0.2) is 0 Å². The molecule has 0 aromatic heterocycles. The van der Waals surface area contributed by atoms with Crippen molar-refractivity contribution in [1.82, 2.24) is 4.90 Å². The topological polar surface area (TPSA) is 168 Å². The molecule has 0 radical (unpaired) electrons. The van der Waals surface area contributed by atoms with Gasteiger partial charge >= 0.3 is 0 Å². The van der Waals surface area contributed by atoms with Crippen molar-refractivity contribution in [1.29, 1.82) is 0 Å². The van der Waals surface area contributed by atoms with Crippen molar-refractivity contribution in [2.75, 3.05) is 49.3 Å². The van der Waals surface area contributed by atoms with Gasteiger partial charge in [0.2, 0.25) is 5.91 Å². The number of carbonyl (C=O) groups is 1. The molecule has 4 rings (SSSR count). The van der Waals surface area contributed by atoms with Gasteiger partial charge in [-0.3, -0.25) is 4.79 Å². The van der Waals surface area contributed by atoms with Gasteiger partial charge in [0.1, 0.15) is 9.84 Å². The number of hydrogen-bond donors (Lipinski definition) is 4. The molecule has 0 saturated carbocycles. The van der Waals surface area contributed by atoms with Crippen LogP contribution in [0.5, 0.6) is 0 Å².